The number of hydrogen-bond acceptors (Lipinski definition) is 3. The van der Waals surface area contributed by atoms with Gasteiger partial charge in [-0.15, -0.1) is 0 Å². The van der Waals surface area contributed by atoms with Crippen LogP contribution in [0, 0.1) is 13.8 Å². The fourth-order valence-electron chi connectivity index (χ4n) is 2.44. The molecule has 4 heteroatoms. The van der Waals surface area contributed by atoms with Crippen molar-refractivity contribution < 1.29 is 4.79 Å². The number of benzene rings is 1. The summed E-state index contributed by atoms with van der Waals surface area (Å²) in [4.78, 5) is 11.8. The molecule has 0 spiro atoms. The first-order chi connectivity index (χ1) is 9.65. The van der Waals surface area contributed by atoms with Crippen LogP contribution in [0.15, 0.2) is 23.3 Å². The maximum atomic E-state index is 11.8. The highest BCUT2D eigenvalue weighted by atomic mass is 16.2. The van der Waals surface area contributed by atoms with Gasteiger partial charge < -0.3 is 5.32 Å². The molecule has 0 unspecified atom stereocenters. The zero-order valence-electron chi connectivity index (χ0n) is 12.3. The Balaban J connectivity index is 1.80. The van der Waals surface area contributed by atoms with Crippen LogP contribution in [0.5, 0.6) is 0 Å². The number of aryl methyl sites for hydroxylation is 2. The summed E-state index contributed by atoms with van der Waals surface area (Å²) in [6, 6.07) is 6.14. The summed E-state index contributed by atoms with van der Waals surface area (Å²) in [7, 11) is 0. The molecule has 0 saturated heterocycles. The number of hydrogen-bond donors (Lipinski definition) is 2. The first-order valence-electron chi connectivity index (χ1n) is 7.30. The van der Waals surface area contributed by atoms with Crippen LogP contribution in [-0.2, 0) is 4.79 Å². The van der Waals surface area contributed by atoms with Gasteiger partial charge in [0.1, 0.15) is 0 Å². The molecule has 1 fully saturated rings. The van der Waals surface area contributed by atoms with E-state index < -0.39 is 0 Å². The van der Waals surface area contributed by atoms with Crippen LogP contribution in [0.4, 0.5) is 5.69 Å². The van der Waals surface area contributed by atoms with Gasteiger partial charge in [-0.25, -0.2) is 5.43 Å². The largest absolute Gasteiger partial charge is 0.376 e. The fraction of sp³-hybridized carbons (Fsp3) is 0.500. The predicted molar refractivity (Wildman–Crippen MR) is 83.1 cm³/mol. The molecular formula is C16H23N3O. The molecule has 0 aliphatic heterocycles. The van der Waals surface area contributed by atoms with E-state index in [0.717, 1.165) is 29.8 Å². The van der Waals surface area contributed by atoms with Crippen LogP contribution < -0.4 is 10.7 Å². The van der Waals surface area contributed by atoms with E-state index in [1.165, 1.54) is 24.8 Å². The van der Waals surface area contributed by atoms with Gasteiger partial charge in [0.2, 0.25) is 0 Å². The molecule has 2 rings (SSSR count). The molecular weight excluding hydrogens is 250 g/mol. The van der Waals surface area contributed by atoms with Crippen molar-refractivity contribution in [1.82, 2.24) is 5.43 Å². The Morgan fingerprint density at radius 1 is 1.20 bits per heavy atom. The second-order valence-electron chi connectivity index (χ2n) is 5.45. The van der Waals surface area contributed by atoms with Gasteiger partial charge in [0.05, 0.1) is 6.54 Å². The van der Waals surface area contributed by atoms with Crippen molar-refractivity contribution in [2.24, 2.45) is 5.10 Å². The van der Waals surface area contributed by atoms with Gasteiger partial charge in [0.15, 0.2) is 0 Å². The molecule has 1 saturated carbocycles. The number of hydrazone groups is 1. The lowest BCUT2D eigenvalue weighted by Crippen LogP contribution is -2.27. The highest BCUT2D eigenvalue weighted by molar-refractivity contribution is 5.87. The Bertz CT molecular complexity index is 500. The summed E-state index contributed by atoms with van der Waals surface area (Å²) >= 11 is 0. The lowest BCUT2D eigenvalue weighted by Gasteiger charge is -2.12. The Hall–Kier alpha value is -1.84. The van der Waals surface area contributed by atoms with E-state index in [0.29, 0.717) is 0 Å². The van der Waals surface area contributed by atoms with E-state index >= 15 is 0 Å². The van der Waals surface area contributed by atoms with Gasteiger partial charge in [-0.05, 0) is 51.2 Å². The van der Waals surface area contributed by atoms with E-state index in [9.17, 15) is 4.79 Å². The highest BCUT2D eigenvalue weighted by Crippen LogP contribution is 2.16. The Kier molecular flexibility index (Phi) is 5.16. The highest BCUT2D eigenvalue weighted by Gasteiger charge is 2.07. The average molecular weight is 273 g/mol. The van der Waals surface area contributed by atoms with Crippen molar-refractivity contribution in [2.75, 3.05) is 11.9 Å². The number of anilines is 1. The first kappa shape index (κ1) is 14.6. The summed E-state index contributed by atoms with van der Waals surface area (Å²) in [5.41, 5.74) is 7.13. The predicted octanol–water partition coefficient (Wildman–Crippen LogP) is 3.15. The zero-order valence-corrected chi connectivity index (χ0v) is 12.3. The second-order valence-corrected chi connectivity index (χ2v) is 5.45. The average Bonchev–Trinajstić information content (AvgIpc) is 2.45. The molecule has 1 amide bonds. The lowest BCUT2D eigenvalue weighted by atomic mass is 9.99. The van der Waals surface area contributed by atoms with Gasteiger partial charge >= 0.3 is 0 Å². The maximum absolute atomic E-state index is 11.8. The molecule has 20 heavy (non-hydrogen) atoms. The van der Waals surface area contributed by atoms with E-state index in [-0.39, 0.29) is 12.5 Å². The lowest BCUT2D eigenvalue weighted by molar-refractivity contribution is -0.119. The second kappa shape index (κ2) is 7.08. The fourth-order valence-corrected chi connectivity index (χ4v) is 2.44. The molecule has 108 valence electrons. The normalized spacial score (nSPS) is 14.8. The molecule has 0 bridgehead atoms. The van der Waals surface area contributed by atoms with Gasteiger partial charge in [-0.2, -0.15) is 5.10 Å². The van der Waals surface area contributed by atoms with Crippen molar-refractivity contribution in [2.45, 2.75) is 46.0 Å². The zero-order chi connectivity index (χ0) is 14.4. The van der Waals surface area contributed by atoms with Crippen molar-refractivity contribution >= 4 is 17.3 Å². The minimum atomic E-state index is -0.0944. The molecule has 1 aliphatic rings. The quantitative estimate of drug-likeness (QED) is 0.828. The summed E-state index contributed by atoms with van der Waals surface area (Å²) in [6.07, 6.45) is 5.70. The Labute approximate surface area is 120 Å². The number of rotatable bonds is 4. The van der Waals surface area contributed by atoms with E-state index in [2.05, 4.69) is 28.8 Å². The third-order valence-electron chi connectivity index (χ3n) is 3.59. The van der Waals surface area contributed by atoms with E-state index in [4.69, 9.17) is 0 Å². The molecule has 1 aliphatic carbocycles. The SMILES string of the molecule is Cc1ccc(NCC(=O)NN=C2CCCCC2)c(C)c1. The molecule has 2 N–H and O–H groups in total. The Morgan fingerprint density at radius 2 is 1.95 bits per heavy atom. The molecule has 1 aromatic carbocycles. The van der Waals surface area contributed by atoms with Crippen LogP contribution >= 0.6 is 0 Å². The monoisotopic (exact) mass is 273 g/mol. The van der Waals surface area contributed by atoms with Crippen LogP contribution in [-0.4, -0.2) is 18.2 Å². The van der Waals surface area contributed by atoms with Gasteiger partial charge in [0, 0.05) is 11.4 Å². The maximum Gasteiger partial charge on any atom is 0.259 e. The van der Waals surface area contributed by atoms with E-state index in [1.807, 2.05) is 19.1 Å². The van der Waals surface area contributed by atoms with Gasteiger partial charge in [-0.1, -0.05) is 24.1 Å². The molecule has 1 aromatic rings. The number of carbonyl (C=O) groups is 1. The first-order valence-corrected chi connectivity index (χ1v) is 7.30. The Morgan fingerprint density at radius 3 is 2.65 bits per heavy atom. The van der Waals surface area contributed by atoms with Crippen molar-refractivity contribution in [1.29, 1.82) is 0 Å². The molecule has 0 radical (unpaired) electrons. The number of nitrogens with zero attached hydrogens (tertiary/aromatic N) is 1. The van der Waals surface area contributed by atoms with Crippen LogP contribution in [0.3, 0.4) is 0 Å². The van der Waals surface area contributed by atoms with Gasteiger partial charge in [0.25, 0.3) is 5.91 Å². The van der Waals surface area contributed by atoms with Crippen molar-refractivity contribution in [3.63, 3.8) is 0 Å². The minimum Gasteiger partial charge on any atom is -0.376 e. The molecule has 0 heterocycles. The molecule has 0 atom stereocenters. The summed E-state index contributed by atoms with van der Waals surface area (Å²) in [5, 5.41) is 7.36. The van der Waals surface area contributed by atoms with Crippen LogP contribution in [0.25, 0.3) is 0 Å². The molecule has 4 nitrogen and oxygen atoms in total. The third-order valence-corrected chi connectivity index (χ3v) is 3.59. The minimum absolute atomic E-state index is 0.0944. The van der Waals surface area contributed by atoms with Crippen LogP contribution in [0.2, 0.25) is 0 Å². The number of amides is 1. The summed E-state index contributed by atoms with van der Waals surface area (Å²) < 4.78 is 0. The smallest absolute Gasteiger partial charge is 0.259 e. The van der Waals surface area contributed by atoms with Gasteiger partial charge in [-0.3, -0.25) is 4.79 Å². The van der Waals surface area contributed by atoms with Crippen molar-refractivity contribution in [3.8, 4) is 0 Å². The van der Waals surface area contributed by atoms with E-state index in [1.54, 1.807) is 0 Å². The van der Waals surface area contributed by atoms with Crippen LogP contribution in [0.1, 0.15) is 43.2 Å². The van der Waals surface area contributed by atoms with Crippen molar-refractivity contribution in [3.05, 3.63) is 29.3 Å². The number of nitrogens with one attached hydrogen (secondary N) is 2. The molecule has 0 aromatic heterocycles. The summed E-state index contributed by atoms with van der Waals surface area (Å²) in [6.45, 7) is 4.35. The number of carbonyl (C=O) groups excluding carboxylic acids is 1. The topological polar surface area (TPSA) is 53.5 Å². The third kappa shape index (κ3) is 4.37. The standard InChI is InChI=1S/C16H23N3O/c1-12-8-9-15(13(2)10-12)17-11-16(20)19-18-14-6-4-3-5-7-14/h8-10,17H,3-7,11H2,1-2H3,(H,19,20). The summed E-state index contributed by atoms with van der Waals surface area (Å²) in [5.74, 6) is -0.0944.